The van der Waals surface area contributed by atoms with Gasteiger partial charge in [-0.1, -0.05) is 42.5 Å². The highest BCUT2D eigenvalue weighted by molar-refractivity contribution is 5.83. The molecule has 0 aromatic heterocycles. The summed E-state index contributed by atoms with van der Waals surface area (Å²) in [4.78, 5) is 0. The second kappa shape index (κ2) is 4.95. The summed E-state index contributed by atoms with van der Waals surface area (Å²) >= 11 is 0. The van der Waals surface area contributed by atoms with Crippen LogP contribution in [0.3, 0.4) is 0 Å². The molecule has 0 bridgehead atoms. The molecule has 1 atom stereocenters. The first kappa shape index (κ1) is 13.7. The smallest absolute Gasteiger partial charge is 0.179 e. The van der Waals surface area contributed by atoms with Gasteiger partial charge in [0.25, 0.3) is 0 Å². The van der Waals surface area contributed by atoms with Crippen molar-refractivity contribution in [2.75, 3.05) is 0 Å². The van der Waals surface area contributed by atoms with Gasteiger partial charge >= 0.3 is 0 Å². The van der Waals surface area contributed by atoms with E-state index < -0.39 is 11.3 Å². The number of nitriles is 2. The first-order valence-corrected chi connectivity index (χ1v) is 6.87. The highest BCUT2D eigenvalue weighted by Gasteiger charge is 2.49. The van der Waals surface area contributed by atoms with E-state index in [2.05, 4.69) is 12.1 Å². The lowest BCUT2D eigenvalue weighted by atomic mass is 9.73. The van der Waals surface area contributed by atoms with E-state index in [4.69, 9.17) is 11.5 Å². The predicted molar refractivity (Wildman–Crippen MR) is 84.2 cm³/mol. The number of benzene rings is 1. The molecule has 0 amide bonds. The Kier molecular flexibility index (Phi) is 3.09. The topological polar surface area (TPSA) is 99.6 Å². The third-order valence-corrected chi connectivity index (χ3v) is 4.02. The molecule has 1 aromatic carbocycles. The quantitative estimate of drug-likeness (QED) is 0.827. The molecule has 0 aliphatic heterocycles. The molecule has 4 nitrogen and oxygen atoms in total. The predicted octanol–water partition coefficient (Wildman–Crippen LogP) is 2.36. The minimum absolute atomic E-state index is 0.421. The Bertz CT molecular complexity index is 812. The third kappa shape index (κ3) is 1.90. The van der Waals surface area contributed by atoms with Crippen molar-refractivity contribution in [2.45, 2.75) is 0 Å². The normalized spacial score (nSPS) is 22.0. The van der Waals surface area contributed by atoms with Crippen molar-refractivity contribution in [1.29, 1.82) is 10.5 Å². The zero-order valence-corrected chi connectivity index (χ0v) is 11.8. The third-order valence-electron chi connectivity index (χ3n) is 4.02. The van der Waals surface area contributed by atoms with Crippen LogP contribution in [-0.2, 0) is 0 Å². The fourth-order valence-corrected chi connectivity index (χ4v) is 3.02. The van der Waals surface area contributed by atoms with Gasteiger partial charge in [-0.2, -0.15) is 10.5 Å². The van der Waals surface area contributed by atoms with Gasteiger partial charge in [-0.15, -0.1) is 0 Å². The summed E-state index contributed by atoms with van der Waals surface area (Å²) in [5, 5.41) is 19.5. The van der Waals surface area contributed by atoms with E-state index >= 15 is 0 Å². The Morgan fingerprint density at radius 3 is 2.23 bits per heavy atom. The van der Waals surface area contributed by atoms with Gasteiger partial charge in [0.15, 0.2) is 5.41 Å². The SMILES string of the molecule is N#CC1(C#N)C(c2ccccc2)=CC2=CC(N)=CC(N)=C[C@@H]21. The highest BCUT2D eigenvalue weighted by Crippen LogP contribution is 2.52. The molecule has 0 fully saturated rings. The summed E-state index contributed by atoms with van der Waals surface area (Å²) in [5.41, 5.74) is 13.9. The van der Waals surface area contributed by atoms with Gasteiger partial charge in [0, 0.05) is 17.3 Å². The first-order chi connectivity index (χ1) is 10.6. The standard InChI is InChI=1S/C18H14N4/c19-10-18(11-20)16(12-4-2-1-3-5-12)7-13-6-14(21)8-15(22)9-17(13)18/h1-9,17H,21-22H2/t17-/m0/s1. The molecule has 22 heavy (non-hydrogen) atoms. The lowest BCUT2D eigenvalue weighted by molar-refractivity contribution is 0.576. The Labute approximate surface area is 129 Å². The summed E-state index contributed by atoms with van der Waals surface area (Å²) < 4.78 is 0. The average molecular weight is 286 g/mol. The molecule has 0 unspecified atom stereocenters. The van der Waals surface area contributed by atoms with Crippen molar-refractivity contribution in [3.63, 3.8) is 0 Å². The second-order valence-electron chi connectivity index (χ2n) is 5.39. The molecule has 3 rings (SSSR count). The monoisotopic (exact) mass is 286 g/mol. The largest absolute Gasteiger partial charge is 0.399 e. The molecule has 2 aliphatic rings. The van der Waals surface area contributed by atoms with Crippen LogP contribution >= 0.6 is 0 Å². The molecular weight excluding hydrogens is 272 g/mol. The van der Waals surface area contributed by atoms with Crippen LogP contribution in [0.15, 0.2) is 71.6 Å². The maximum atomic E-state index is 9.77. The van der Waals surface area contributed by atoms with Crippen LogP contribution in [0.4, 0.5) is 0 Å². The van der Waals surface area contributed by atoms with E-state index in [1.54, 1.807) is 18.2 Å². The molecule has 0 saturated heterocycles. The Morgan fingerprint density at radius 2 is 1.59 bits per heavy atom. The maximum absolute atomic E-state index is 9.77. The maximum Gasteiger partial charge on any atom is 0.179 e. The van der Waals surface area contributed by atoms with Crippen molar-refractivity contribution in [1.82, 2.24) is 0 Å². The van der Waals surface area contributed by atoms with Gasteiger partial charge in [-0.3, -0.25) is 0 Å². The van der Waals surface area contributed by atoms with Crippen molar-refractivity contribution in [2.24, 2.45) is 22.8 Å². The molecule has 0 heterocycles. The number of fused-ring (bicyclic) bond motifs is 1. The van der Waals surface area contributed by atoms with E-state index in [0.717, 1.165) is 11.1 Å². The van der Waals surface area contributed by atoms with E-state index in [1.807, 2.05) is 36.4 Å². The van der Waals surface area contributed by atoms with E-state index in [9.17, 15) is 10.5 Å². The summed E-state index contributed by atoms with van der Waals surface area (Å²) in [6, 6.07) is 13.9. The van der Waals surface area contributed by atoms with Crippen molar-refractivity contribution in [3.8, 4) is 12.1 Å². The summed E-state index contributed by atoms with van der Waals surface area (Å²) in [6.45, 7) is 0. The van der Waals surface area contributed by atoms with E-state index in [-0.39, 0.29) is 0 Å². The average Bonchev–Trinajstić information content (AvgIpc) is 2.73. The summed E-state index contributed by atoms with van der Waals surface area (Å²) in [7, 11) is 0. The number of hydrogen-bond donors (Lipinski definition) is 2. The van der Waals surface area contributed by atoms with E-state index in [0.29, 0.717) is 17.0 Å². The van der Waals surface area contributed by atoms with Crippen LogP contribution in [0.2, 0.25) is 0 Å². The van der Waals surface area contributed by atoms with Gasteiger partial charge in [0.1, 0.15) is 0 Å². The van der Waals surface area contributed by atoms with Crippen LogP contribution < -0.4 is 11.5 Å². The van der Waals surface area contributed by atoms with Gasteiger partial charge in [0.05, 0.1) is 12.1 Å². The van der Waals surface area contributed by atoms with Gasteiger partial charge < -0.3 is 11.5 Å². The fourth-order valence-electron chi connectivity index (χ4n) is 3.02. The highest BCUT2D eigenvalue weighted by atomic mass is 14.6. The molecule has 0 spiro atoms. The number of rotatable bonds is 1. The van der Waals surface area contributed by atoms with Crippen molar-refractivity contribution in [3.05, 3.63) is 77.2 Å². The van der Waals surface area contributed by atoms with Crippen molar-refractivity contribution >= 4 is 5.57 Å². The van der Waals surface area contributed by atoms with Crippen molar-refractivity contribution < 1.29 is 0 Å². The molecule has 4 N–H and O–H groups in total. The Morgan fingerprint density at radius 1 is 0.909 bits per heavy atom. The zero-order valence-electron chi connectivity index (χ0n) is 11.8. The van der Waals surface area contributed by atoms with Crippen LogP contribution in [0, 0.1) is 34.0 Å². The fraction of sp³-hybridized carbons (Fsp3) is 0.111. The van der Waals surface area contributed by atoms with Crippen LogP contribution in [0.25, 0.3) is 5.57 Å². The second-order valence-corrected chi connectivity index (χ2v) is 5.39. The minimum atomic E-state index is -1.30. The number of nitrogens with zero attached hydrogens (tertiary/aromatic N) is 2. The van der Waals surface area contributed by atoms with Gasteiger partial charge in [-0.25, -0.2) is 0 Å². The molecule has 0 radical (unpaired) electrons. The van der Waals surface area contributed by atoms with Crippen LogP contribution in [0.1, 0.15) is 5.56 Å². The van der Waals surface area contributed by atoms with Gasteiger partial charge in [0.2, 0.25) is 0 Å². The number of allylic oxidation sites excluding steroid dienone is 6. The molecule has 106 valence electrons. The lowest BCUT2D eigenvalue weighted by Gasteiger charge is -2.23. The van der Waals surface area contributed by atoms with Crippen LogP contribution in [0.5, 0.6) is 0 Å². The Balaban J connectivity index is 2.26. The summed E-state index contributed by atoms with van der Waals surface area (Å²) in [6.07, 6.45) is 7.04. The number of nitrogens with two attached hydrogens (primary N) is 2. The molecule has 4 heteroatoms. The Hall–Kier alpha value is -3.24. The summed E-state index contributed by atoms with van der Waals surface area (Å²) in [5.74, 6) is -0.421. The zero-order chi connectivity index (χ0) is 15.7. The first-order valence-electron chi connectivity index (χ1n) is 6.87. The lowest BCUT2D eigenvalue weighted by Crippen LogP contribution is -2.25. The molecule has 1 aromatic rings. The molecule has 0 saturated carbocycles. The number of hydrogen-bond acceptors (Lipinski definition) is 4. The molecule has 2 aliphatic carbocycles. The molecular formula is C18H14N4. The van der Waals surface area contributed by atoms with Gasteiger partial charge in [-0.05, 0) is 28.9 Å². The minimum Gasteiger partial charge on any atom is -0.399 e. The van der Waals surface area contributed by atoms with E-state index in [1.165, 1.54) is 0 Å². The van der Waals surface area contributed by atoms with Crippen LogP contribution in [-0.4, -0.2) is 0 Å².